The number of ketones is 1. The van der Waals surface area contributed by atoms with Gasteiger partial charge in [-0.3, -0.25) is 19.2 Å². The topological polar surface area (TPSA) is 122 Å². The molecule has 1 saturated carbocycles. The van der Waals surface area contributed by atoms with Crippen LogP contribution in [-0.2, 0) is 9.59 Å². The van der Waals surface area contributed by atoms with E-state index in [1.165, 1.54) is 23.5 Å². The number of furan rings is 2. The first-order valence-electron chi connectivity index (χ1n) is 11.3. The van der Waals surface area contributed by atoms with Gasteiger partial charge in [0.1, 0.15) is 6.04 Å². The summed E-state index contributed by atoms with van der Waals surface area (Å²) in [6.07, 6.45) is 8.25. The Bertz CT molecular complexity index is 1020. The van der Waals surface area contributed by atoms with Gasteiger partial charge in [0.25, 0.3) is 17.7 Å². The highest BCUT2D eigenvalue weighted by atomic mass is 16.3. The molecule has 1 N–H and O–H groups in total. The minimum Gasteiger partial charge on any atom is -0.459 e. The number of rotatable bonds is 6. The number of likely N-dealkylation sites (tertiary alicyclic amines) is 1. The summed E-state index contributed by atoms with van der Waals surface area (Å²) in [6.45, 7) is 0.191. The molecule has 1 aliphatic carbocycles. The molecule has 2 aliphatic rings. The number of carbonyl (C=O) groups is 4. The predicted octanol–water partition coefficient (Wildman–Crippen LogP) is 3.02. The normalized spacial score (nSPS) is 19.5. The van der Waals surface area contributed by atoms with Crippen molar-refractivity contribution >= 4 is 29.2 Å². The highest BCUT2D eigenvalue weighted by Gasteiger charge is 2.30. The monoisotopic (exact) mass is 453 g/mol. The molecule has 1 aliphatic heterocycles. The fourth-order valence-corrected chi connectivity index (χ4v) is 4.42. The zero-order chi connectivity index (χ0) is 23.2. The van der Waals surface area contributed by atoms with E-state index in [0.29, 0.717) is 25.3 Å². The molecule has 1 unspecified atom stereocenters. The molecule has 0 radical (unpaired) electrons. The fraction of sp³-hybridized carbons (Fsp3) is 0.458. The first-order chi connectivity index (χ1) is 16.0. The van der Waals surface area contributed by atoms with Crippen LogP contribution in [0.3, 0.4) is 0 Å². The van der Waals surface area contributed by atoms with Crippen LogP contribution in [-0.4, -0.2) is 53.2 Å². The van der Waals surface area contributed by atoms with Crippen LogP contribution in [0.4, 0.5) is 0 Å². The SMILES string of the molecule is O=C1CN(C(=O)c2ccco2)CCCC1=NC(=O)C(CC1CCCC1)NC(=O)c1ccco1. The van der Waals surface area contributed by atoms with E-state index in [1.54, 1.807) is 18.2 Å². The number of amides is 3. The summed E-state index contributed by atoms with van der Waals surface area (Å²) >= 11 is 0. The average molecular weight is 453 g/mol. The van der Waals surface area contributed by atoms with Crippen molar-refractivity contribution in [3.8, 4) is 0 Å². The Morgan fingerprint density at radius 2 is 1.76 bits per heavy atom. The highest BCUT2D eigenvalue weighted by Crippen LogP contribution is 2.29. The summed E-state index contributed by atoms with van der Waals surface area (Å²) in [5.41, 5.74) is 0.137. The molecule has 1 atom stereocenters. The van der Waals surface area contributed by atoms with E-state index in [1.807, 2.05) is 0 Å². The molecule has 3 amide bonds. The van der Waals surface area contributed by atoms with Crippen LogP contribution in [0.2, 0.25) is 0 Å². The lowest BCUT2D eigenvalue weighted by atomic mass is 9.97. The lowest BCUT2D eigenvalue weighted by molar-refractivity contribution is -0.120. The maximum absolute atomic E-state index is 13.1. The van der Waals surface area contributed by atoms with Crippen LogP contribution in [0.15, 0.2) is 50.6 Å². The number of Topliss-reactive ketones (excluding diaryl/α,β-unsaturated/α-hetero) is 1. The van der Waals surface area contributed by atoms with Crippen LogP contribution in [0.25, 0.3) is 0 Å². The van der Waals surface area contributed by atoms with E-state index >= 15 is 0 Å². The third-order valence-electron chi connectivity index (χ3n) is 6.15. The third kappa shape index (κ3) is 5.66. The molecule has 3 heterocycles. The summed E-state index contributed by atoms with van der Waals surface area (Å²) in [5.74, 6) is -1.18. The van der Waals surface area contributed by atoms with Crippen molar-refractivity contribution in [2.75, 3.05) is 13.1 Å². The number of aliphatic imine (C=N–C) groups is 1. The third-order valence-corrected chi connectivity index (χ3v) is 6.15. The first kappa shape index (κ1) is 22.7. The Hall–Kier alpha value is -3.49. The molecule has 9 nitrogen and oxygen atoms in total. The van der Waals surface area contributed by atoms with Crippen molar-refractivity contribution in [3.63, 3.8) is 0 Å². The lowest BCUT2D eigenvalue weighted by Crippen LogP contribution is -2.42. The Balaban J connectivity index is 1.46. The summed E-state index contributed by atoms with van der Waals surface area (Å²) < 4.78 is 10.3. The van der Waals surface area contributed by atoms with Crippen molar-refractivity contribution in [3.05, 3.63) is 48.3 Å². The molecule has 1 saturated heterocycles. The van der Waals surface area contributed by atoms with E-state index in [4.69, 9.17) is 8.83 Å². The van der Waals surface area contributed by atoms with Crippen LogP contribution >= 0.6 is 0 Å². The zero-order valence-electron chi connectivity index (χ0n) is 18.3. The molecule has 0 aromatic carbocycles. The minimum absolute atomic E-state index is 0.115. The van der Waals surface area contributed by atoms with Gasteiger partial charge in [0, 0.05) is 6.54 Å². The van der Waals surface area contributed by atoms with Crippen molar-refractivity contribution in [1.29, 1.82) is 0 Å². The lowest BCUT2D eigenvalue weighted by Gasteiger charge is -2.19. The van der Waals surface area contributed by atoms with Crippen molar-refractivity contribution < 1.29 is 28.0 Å². The van der Waals surface area contributed by atoms with Gasteiger partial charge in [0.05, 0.1) is 24.8 Å². The smallest absolute Gasteiger partial charge is 0.289 e. The van der Waals surface area contributed by atoms with Crippen LogP contribution in [0, 0.1) is 5.92 Å². The minimum atomic E-state index is -0.838. The molecular weight excluding hydrogens is 426 g/mol. The van der Waals surface area contributed by atoms with Crippen LogP contribution in [0.1, 0.15) is 66.1 Å². The van der Waals surface area contributed by atoms with E-state index in [0.717, 1.165) is 25.7 Å². The number of nitrogens with zero attached hydrogens (tertiary/aromatic N) is 2. The second kappa shape index (κ2) is 10.4. The summed E-state index contributed by atoms with van der Waals surface area (Å²) in [6, 6.07) is 5.45. The molecular formula is C24H27N3O6. The highest BCUT2D eigenvalue weighted by molar-refractivity contribution is 6.42. The molecule has 2 fully saturated rings. The standard InChI is InChI=1S/C24H27N3O6/c28-19-15-27(24(31)21-10-5-13-33-21)11-3-8-17(19)25-22(29)18(14-16-6-1-2-7-16)26-23(30)20-9-4-12-32-20/h4-5,9-10,12-13,16,18H,1-3,6-8,11,14-15H2,(H,26,30). The van der Waals surface area contributed by atoms with Gasteiger partial charge in [-0.05, 0) is 49.4 Å². The van der Waals surface area contributed by atoms with Gasteiger partial charge >= 0.3 is 0 Å². The molecule has 2 aromatic rings. The molecule has 0 spiro atoms. The maximum Gasteiger partial charge on any atom is 0.289 e. The average Bonchev–Trinajstić information content (AvgIpc) is 3.58. The van der Waals surface area contributed by atoms with Gasteiger partial charge in [-0.2, -0.15) is 0 Å². The summed E-state index contributed by atoms with van der Waals surface area (Å²) in [4.78, 5) is 56.5. The van der Waals surface area contributed by atoms with Crippen LogP contribution < -0.4 is 5.32 Å². The van der Waals surface area contributed by atoms with Gasteiger partial charge in [-0.1, -0.05) is 25.7 Å². The van der Waals surface area contributed by atoms with Crippen LogP contribution in [0.5, 0.6) is 0 Å². The van der Waals surface area contributed by atoms with E-state index in [9.17, 15) is 19.2 Å². The molecule has 4 rings (SSSR count). The van der Waals surface area contributed by atoms with Gasteiger partial charge in [0.2, 0.25) is 0 Å². The predicted molar refractivity (Wildman–Crippen MR) is 118 cm³/mol. The molecule has 174 valence electrons. The number of carbonyl (C=O) groups excluding carboxylic acids is 4. The van der Waals surface area contributed by atoms with E-state index in [-0.39, 0.29) is 41.9 Å². The van der Waals surface area contributed by atoms with Crippen molar-refractivity contribution in [2.24, 2.45) is 10.9 Å². The van der Waals surface area contributed by atoms with Gasteiger partial charge in [0.15, 0.2) is 17.3 Å². The summed E-state index contributed by atoms with van der Waals surface area (Å²) in [7, 11) is 0. The Morgan fingerprint density at radius 1 is 1.06 bits per heavy atom. The molecule has 2 aromatic heterocycles. The van der Waals surface area contributed by atoms with E-state index in [2.05, 4.69) is 10.3 Å². The van der Waals surface area contributed by atoms with Gasteiger partial charge in [-0.25, -0.2) is 4.99 Å². The van der Waals surface area contributed by atoms with Gasteiger partial charge < -0.3 is 19.1 Å². The van der Waals surface area contributed by atoms with E-state index < -0.39 is 17.9 Å². The second-order valence-electron chi connectivity index (χ2n) is 8.52. The van der Waals surface area contributed by atoms with Crippen molar-refractivity contribution in [1.82, 2.24) is 10.2 Å². The Kier molecular flexibility index (Phi) is 7.16. The van der Waals surface area contributed by atoms with Gasteiger partial charge in [-0.15, -0.1) is 0 Å². The largest absolute Gasteiger partial charge is 0.459 e. The molecule has 0 bridgehead atoms. The maximum atomic E-state index is 13.1. The number of hydrogen-bond acceptors (Lipinski definition) is 6. The fourth-order valence-electron chi connectivity index (χ4n) is 4.42. The quantitative estimate of drug-likeness (QED) is 0.717. The molecule has 9 heteroatoms. The summed E-state index contributed by atoms with van der Waals surface area (Å²) in [5, 5.41) is 2.73. The Labute approximate surface area is 191 Å². The van der Waals surface area contributed by atoms with Crippen molar-refractivity contribution in [2.45, 2.75) is 51.0 Å². The number of hydrogen-bond donors (Lipinski definition) is 1. The number of nitrogens with one attached hydrogen (secondary N) is 1. The zero-order valence-corrected chi connectivity index (χ0v) is 18.3. The second-order valence-corrected chi connectivity index (χ2v) is 8.52. The first-order valence-corrected chi connectivity index (χ1v) is 11.3. The Morgan fingerprint density at radius 3 is 2.42 bits per heavy atom. The molecule has 33 heavy (non-hydrogen) atoms.